The van der Waals surface area contributed by atoms with E-state index in [0.29, 0.717) is 101 Å². The van der Waals surface area contributed by atoms with Gasteiger partial charge in [0.2, 0.25) is 23.6 Å². The molecule has 1 aromatic heterocycles. The molecule has 9 rings (SSSR count). The van der Waals surface area contributed by atoms with Gasteiger partial charge in [-0.25, -0.2) is 0 Å². The van der Waals surface area contributed by atoms with E-state index in [0.717, 1.165) is 57.6 Å². The van der Waals surface area contributed by atoms with E-state index in [9.17, 15) is 28.8 Å². The smallest absolute Gasteiger partial charge is 0.253 e. The quantitative estimate of drug-likeness (QED) is 0.234. The lowest BCUT2D eigenvalue weighted by atomic mass is 9.65. The fourth-order valence-electron chi connectivity index (χ4n) is 11.9. The van der Waals surface area contributed by atoms with E-state index in [2.05, 4.69) is 75.2 Å². The van der Waals surface area contributed by atoms with Gasteiger partial charge in [0.15, 0.2) is 0 Å². The zero-order valence-electron chi connectivity index (χ0n) is 38.5. The molecule has 5 amide bonds. The number of H-pyrrole nitrogens is 1. The minimum absolute atomic E-state index is 0.000461. The number of aryl methyl sites for hydroxylation is 2. The Morgan fingerprint density at radius 3 is 1.78 bits per heavy atom. The fraction of sp³-hybridized carbons (Fsp3) is 0.490. The summed E-state index contributed by atoms with van der Waals surface area (Å²) >= 11 is 0. The Morgan fingerprint density at radius 1 is 0.785 bits per heavy atom. The van der Waals surface area contributed by atoms with Crippen molar-refractivity contribution in [3.8, 4) is 0 Å². The second-order valence-corrected chi connectivity index (χ2v) is 19.1. The molecule has 14 nitrogen and oxygen atoms in total. The highest BCUT2D eigenvalue weighted by atomic mass is 16.5. The molecule has 0 unspecified atom stereocenters. The summed E-state index contributed by atoms with van der Waals surface area (Å²) in [6.45, 7) is 15.0. The highest BCUT2D eigenvalue weighted by Gasteiger charge is 2.52. The maximum Gasteiger partial charge on any atom is 0.253 e. The van der Waals surface area contributed by atoms with Gasteiger partial charge in [-0.3, -0.25) is 28.8 Å². The second-order valence-electron chi connectivity index (χ2n) is 19.1. The average Bonchev–Trinajstić information content (AvgIpc) is 3.71. The minimum atomic E-state index is -0.988. The first-order valence-corrected chi connectivity index (χ1v) is 23.3. The van der Waals surface area contributed by atoms with Crippen molar-refractivity contribution in [3.05, 3.63) is 115 Å². The molecular formula is C51H61N7O7. The third-order valence-corrected chi connectivity index (χ3v) is 15.7. The molecule has 6 heterocycles. The van der Waals surface area contributed by atoms with Crippen LogP contribution in [0, 0.1) is 13.8 Å². The van der Waals surface area contributed by atoms with E-state index in [1.54, 1.807) is 23.6 Å². The molecule has 5 aliphatic heterocycles. The first kappa shape index (κ1) is 44.2. The third-order valence-electron chi connectivity index (χ3n) is 15.7. The summed E-state index contributed by atoms with van der Waals surface area (Å²) in [5.74, 6) is -0.462. The van der Waals surface area contributed by atoms with E-state index >= 15 is 0 Å². The molecule has 6 aliphatic rings. The molecular weight excluding hydrogens is 823 g/mol. The average molecular weight is 884 g/mol. The number of benzene rings is 2. The van der Waals surface area contributed by atoms with E-state index in [-0.39, 0.29) is 47.7 Å². The molecule has 14 heteroatoms. The summed E-state index contributed by atoms with van der Waals surface area (Å²) in [6.07, 6.45) is 6.27. The number of anilines is 2. The topological polar surface area (TPSA) is 173 Å². The minimum Gasteiger partial charge on any atom is -0.381 e. The van der Waals surface area contributed by atoms with Gasteiger partial charge in [0, 0.05) is 118 Å². The lowest BCUT2D eigenvalue weighted by Crippen LogP contribution is -2.47. The first-order valence-electron chi connectivity index (χ1n) is 23.3. The molecule has 0 saturated carbocycles. The molecule has 4 N–H and O–H groups in total. The molecule has 2 aromatic carbocycles. The summed E-state index contributed by atoms with van der Waals surface area (Å²) in [7, 11) is 0. The van der Waals surface area contributed by atoms with Crippen molar-refractivity contribution in [2.45, 2.75) is 115 Å². The number of ether oxygens (including phenoxy) is 1. The Labute approximate surface area is 380 Å². The van der Waals surface area contributed by atoms with Crippen LogP contribution in [0.1, 0.15) is 112 Å². The lowest BCUT2D eigenvalue weighted by molar-refractivity contribution is -0.133. The van der Waals surface area contributed by atoms with E-state index < -0.39 is 16.2 Å². The number of nitrogens with one attached hydrogen (secondary N) is 4. The maximum absolute atomic E-state index is 14.9. The SMILES string of the molecule is CCN(C1=C(C)C(C(=O)NCc2c(C)cc(C)[nH]c2=O)=CC(c2ccc3c(c2)NC(=O)C32CCN(C(C)=O)CC2)(c2ccc3c(c2)NC(=O)C32CCN(C(C)=O)CC2)C1)C1CCOCC1. The van der Waals surface area contributed by atoms with Gasteiger partial charge < -0.3 is 40.4 Å². The number of likely N-dealkylation sites (tertiary alicyclic amines) is 2. The normalized spacial score (nSPS) is 20.9. The van der Waals surface area contributed by atoms with Gasteiger partial charge in [0.1, 0.15) is 0 Å². The van der Waals surface area contributed by atoms with Crippen LogP contribution >= 0.6 is 0 Å². The standard InChI is InChI=1S/C51H61N7O7/c1-7-58(37-12-22-65-23-13-37)44-28-51(27-38(32(44)4)45(61)52-29-39-30(2)24-31(3)53-46(39)62,35-8-10-40-42(25-35)54-47(63)49(40)14-18-56(19-15-49)33(5)59)36-9-11-41-43(26-36)55-48(64)50(41)16-20-57(21-17-50)34(6)60/h8-11,24-27,37H,7,12-23,28-29H2,1-6H3,(H,52,61)(H,53,62)(H,54,63)(H,55,64). The lowest BCUT2D eigenvalue weighted by Gasteiger charge is -2.45. The second kappa shape index (κ2) is 16.8. The number of hydrogen-bond donors (Lipinski definition) is 4. The fourth-order valence-corrected chi connectivity index (χ4v) is 11.9. The van der Waals surface area contributed by atoms with Crippen LogP contribution in [-0.4, -0.2) is 101 Å². The molecule has 342 valence electrons. The van der Waals surface area contributed by atoms with Crippen LogP contribution in [0.2, 0.25) is 0 Å². The highest BCUT2D eigenvalue weighted by Crippen LogP contribution is 2.53. The summed E-state index contributed by atoms with van der Waals surface area (Å²) in [5.41, 5.74) is 6.59. The Balaban J connectivity index is 1.20. The van der Waals surface area contributed by atoms with E-state index in [1.165, 1.54) is 0 Å². The molecule has 0 bridgehead atoms. The first-order chi connectivity index (χ1) is 31.1. The Hall–Kier alpha value is -6.02. The third kappa shape index (κ3) is 7.37. The Morgan fingerprint density at radius 2 is 1.31 bits per heavy atom. The van der Waals surface area contributed by atoms with Crippen molar-refractivity contribution in [3.63, 3.8) is 0 Å². The molecule has 65 heavy (non-hydrogen) atoms. The number of piperidine rings is 2. The van der Waals surface area contributed by atoms with Crippen molar-refractivity contribution in [2.24, 2.45) is 0 Å². The number of fused-ring (bicyclic) bond motifs is 4. The van der Waals surface area contributed by atoms with Crippen molar-refractivity contribution < 1.29 is 28.7 Å². The zero-order valence-corrected chi connectivity index (χ0v) is 38.5. The molecule has 3 fully saturated rings. The Kier molecular flexibility index (Phi) is 11.4. The number of nitrogens with zero attached hydrogens (tertiary/aromatic N) is 3. The predicted molar refractivity (Wildman–Crippen MR) is 247 cm³/mol. The van der Waals surface area contributed by atoms with Crippen molar-refractivity contribution >= 4 is 40.9 Å². The number of pyridine rings is 1. The van der Waals surface area contributed by atoms with Gasteiger partial charge in [-0.15, -0.1) is 0 Å². The number of allylic oxidation sites excluding steroid dienone is 2. The summed E-state index contributed by atoms with van der Waals surface area (Å²) in [5, 5.41) is 9.61. The van der Waals surface area contributed by atoms with Crippen molar-refractivity contribution in [1.82, 2.24) is 25.0 Å². The van der Waals surface area contributed by atoms with E-state index in [1.807, 2.05) is 26.8 Å². The number of rotatable bonds is 8. The van der Waals surface area contributed by atoms with Gasteiger partial charge in [-0.05, 0) is 118 Å². The molecule has 3 aromatic rings. The molecule has 2 spiro atoms. The summed E-state index contributed by atoms with van der Waals surface area (Å²) in [6, 6.07) is 14.5. The van der Waals surface area contributed by atoms with E-state index in [4.69, 9.17) is 4.74 Å². The van der Waals surface area contributed by atoms with Crippen LogP contribution in [0.5, 0.6) is 0 Å². The number of hydrogen-bond acceptors (Lipinski definition) is 8. The summed E-state index contributed by atoms with van der Waals surface area (Å²) in [4.78, 5) is 89.8. The highest BCUT2D eigenvalue weighted by molar-refractivity contribution is 6.08. The van der Waals surface area contributed by atoms with Gasteiger partial charge in [-0.1, -0.05) is 30.3 Å². The Bertz CT molecular complexity index is 2520. The van der Waals surface area contributed by atoms with Crippen LogP contribution in [0.15, 0.2) is 70.2 Å². The van der Waals surface area contributed by atoms with Gasteiger partial charge in [-0.2, -0.15) is 0 Å². The summed E-state index contributed by atoms with van der Waals surface area (Å²) < 4.78 is 5.83. The van der Waals surface area contributed by atoms with Crippen LogP contribution in [-0.2, 0) is 51.5 Å². The van der Waals surface area contributed by atoms with Crippen LogP contribution in [0.4, 0.5) is 11.4 Å². The van der Waals surface area contributed by atoms with Crippen LogP contribution in [0.3, 0.4) is 0 Å². The molecule has 1 aliphatic carbocycles. The van der Waals surface area contributed by atoms with Crippen LogP contribution < -0.4 is 21.5 Å². The molecule has 0 atom stereocenters. The van der Waals surface area contributed by atoms with Gasteiger partial charge in [0.05, 0.1) is 10.8 Å². The van der Waals surface area contributed by atoms with Crippen molar-refractivity contribution in [1.29, 1.82) is 0 Å². The monoisotopic (exact) mass is 883 g/mol. The molecule has 0 radical (unpaired) electrons. The number of amides is 5. The number of aromatic nitrogens is 1. The number of aromatic amines is 1. The van der Waals surface area contributed by atoms with Crippen molar-refractivity contribution in [2.75, 3.05) is 56.6 Å². The zero-order chi connectivity index (χ0) is 46.0. The predicted octanol–water partition coefficient (Wildman–Crippen LogP) is 5.36. The van der Waals surface area contributed by atoms with Gasteiger partial charge in [0.25, 0.3) is 11.5 Å². The maximum atomic E-state index is 14.9. The van der Waals surface area contributed by atoms with Gasteiger partial charge >= 0.3 is 0 Å². The largest absolute Gasteiger partial charge is 0.381 e. The van der Waals surface area contributed by atoms with Crippen LogP contribution in [0.25, 0.3) is 0 Å². The molecule has 3 saturated heterocycles. The number of carbonyl (C=O) groups is 5. The number of carbonyl (C=O) groups excluding carboxylic acids is 5.